The van der Waals surface area contributed by atoms with Gasteiger partial charge in [-0.3, -0.25) is 9.36 Å². The molecule has 2 aromatic heterocycles. The lowest BCUT2D eigenvalue weighted by Crippen LogP contribution is -2.39. The van der Waals surface area contributed by atoms with Crippen molar-refractivity contribution >= 4 is 73.2 Å². The summed E-state index contributed by atoms with van der Waals surface area (Å²) in [6.07, 6.45) is 1.78. The molecule has 1 aliphatic rings. The molecular weight excluding hydrogens is 718 g/mol. The normalized spacial score (nSPS) is 15.2. The van der Waals surface area contributed by atoms with Crippen LogP contribution >= 0.6 is 61.2 Å². The molecule has 11 heteroatoms. The summed E-state index contributed by atoms with van der Waals surface area (Å²) in [4.78, 5) is 32.8. The van der Waals surface area contributed by atoms with Crippen LogP contribution in [0, 0.1) is 9.39 Å². The third-order valence-electron chi connectivity index (χ3n) is 5.95. The number of fused-ring (bicyclic) bond motifs is 1. The van der Waals surface area contributed by atoms with Crippen molar-refractivity contribution in [2.75, 3.05) is 6.61 Å². The number of carbonyl (C=O) groups is 1. The van der Waals surface area contributed by atoms with Crippen LogP contribution in [-0.2, 0) is 16.1 Å². The predicted molar refractivity (Wildman–Crippen MR) is 162 cm³/mol. The van der Waals surface area contributed by atoms with Crippen molar-refractivity contribution in [3.8, 4) is 5.75 Å². The number of hydrogen-bond acceptors (Lipinski definition) is 7. The largest absolute Gasteiger partial charge is 0.487 e. The van der Waals surface area contributed by atoms with Crippen molar-refractivity contribution in [2.45, 2.75) is 26.5 Å². The molecule has 0 saturated heterocycles. The van der Waals surface area contributed by atoms with Gasteiger partial charge in [0.05, 0.1) is 26.0 Å². The van der Waals surface area contributed by atoms with E-state index in [0.29, 0.717) is 31.9 Å². The molecule has 3 heterocycles. The molecule has 0 bridgehead atoms. The average Bonchev–Trinajstić information content (AvgIpc) is 3.52. The van der Waals surface area contributed by atoms with Gasteiger partial charge in [0.15, 0.2) is 4.80 Å². The fourth-order valence-electron chi connectivity index (χ4n) is 4.22. The second-order valence-corrected chi connectivity index (χ2v) is 12.6. The summed E-state index contributed by atoms with van der Waals surface area (Å²) in [5, 5.41) is 1.91. The summed E-state index contributed by atoms with van der Waals surface area (Å²) < 4.78 is 28.5. The molecule has 0 unspecified atom stereocenters. The topological polar surface area (TPSA) is 69.9 Å². The monoisotopic (exact) mass is 738 g/mol. The van der Waals surface area contributed by atoms with E-state index in [9.17, 15) is 14.0 Å². The molecule has 0 fully saturated rings. The summed E-state index contributed by atoms with van der Waals surface area (Å²) in [5.41, 5.74) is 2.15. The van der Waals surface area contributed by atoms with E-state index in [-0.39, 0.29) is 24.6 Å². The van der Waals surface area contributed by atoms with Crippen LogP contribution in [-0.4, -0.2) is 17.1 Å². The van der Waals surface area contributed by atoms with Gasteiger partial charge >= 0.3 is 5.97 Å². The number of carbonyl (C=O) groups excluding carboxylic acids is 1. The summed E-state index contributed by atoms with van der Waals surface area (Å²) >= 11 is 8.46. The van der Waals surface area contributed by atoms with Crippen molar-refractivity contribution < 1.29 is 18.7 Å². The molecule has 1 atom stereocenters. The quantitative estimate of drug-likeness (QED) is 0.174. The lowest BCUT2D eigenvalue weighted by atomic mass is 10.0. The number of hydrogen-bond donors (Lipinski definition) is 0. The molecular formula is C28H21BrFIN2O4S2. The first-order valence-electron chi connectivity index (χ1n) is 11.9. The SMILES string of the molecule is CCOC(=O)C1=C(C)N=c2s/c(=C\c3cc(Br)cc(I)c3OCc3ccc(F)cc3)c(=O)n2[C@H]1c1cccs1. The van der Waals surface area contributed by atoms with Crippen LogP contribution in [0.1, 0.15) is 35.9 Å². The lowest BCUT2D eigenvalue weighted by Gasteiger charge is -2.23. The Morgan fingerprint density at radius 1 is 1.26 bits per heavy atom. The van der Waals surface area contributed by atoms with Crippen LogP contribution in [0.5, 0.6) is 5.75 Å². The molecule has 1 aliphatic heterocycles. The molecule has 0 spiro atoms. The fraction of sp³-hybridized carbons (Fsp3) is 0.179. The number of ether oxygens (including phenoxy) is 2. The van der Waals surface area contributed by atoms with Crippen LogP contribution < -0.4 is 19.6 Å². The zero-order valence-electron chi connectivity index (χ0n) is 20.7. The molecule has 6 nitrogen and oxygen atoms in total. The smallest absolute Gasteiger partial charge is 0.338 e. The van der Waals surface area contributed by atoms with Crippen LogP contribution in [0.4, 0.5) is 4.39 Å². The number of esters is 1. The minimum Gasteiger partial charge on any atom is -0.487 e. The van der Waals surface area contributed by atoms with E-state index in [1.807, 2.05) is 29.6 Å². The van der Waals surface area contributed by atoms with Gasteiger partial charge in [0, 0.05) is 14.9 Å². The van der Waals surface area contributed by atoms with Gasteiger partial charge < -0.3 is 9.47 Å². The van der Waals surface area contributed by atoms with Crippen molar-refractivity contribution in [1.82, 2.24) is 4.57 Å². The zero-order chi connectivity index (χ0) is 27.7. The first kappa shape index (κ1) is 27.9. The van der Waals surface area contributed by atoms with Crippen LogP contribution in [0.15, 0.2) is 79.4 Å². The van der Waals surface area contributed by atoms with E-state index in [1.165, 1.54) is 34.8 Å². The molecule has 4 aromatic rings. The average molecular weight is 739 g/mol. The Labute approximate surface area is 253 Å². The number of thiophene rings is 1. The molecule has 0 aliphatic carbocycles. The predicted octanol–water partition coefficient (Wildman–Crippen LogP) is 5.95. The van der Waals surface area contributed by atoms with Crippen LogP contribution in [0.25, 0.3) is 6.08 Å². The van der Waals surface area contributed by atoms with Crippen LogP contribution in [0.2, 0.25) is 0 Å². The molecule has 0 amide bonds. The second-order valence-electron chi connectivity index (χ2n) is 8.54. The number of halogens is 3. The van der Waals surface area contributed by atoms with E-state index in [1.54, 1.807) is 36.6 Å². The maximum atomic E-state index is 13.9. The van der Waals surface area contributed by atoms with Gasteiger partial charge in [0.25, 0.3) is 5.56 Å². The van der Waals surface area contributed by atoms with Gasteiger partial charge in [-0.15, -0.1) is 11.3 Å². The maximum Gasteiger partial charge on any atom is 0.338 e. The van der Waals surface area contributed by atoms with Crippen molar-refractivity contribution in [1.29, 1.82) is 0 Å². The van der Waals surface area contributed by atoms with E-state index in [4.69, 9.17) is 9.47 Å². The van der Waals surface area contributed by atoms with Gasteiger partial charge in [-0.2, -0.15) is 0 Å². The lowest BCUT2D eigenvalue weighted by molar-refractivity contribution is -0.139. The maximum absolute atomic E-state index is 13.9. The first-order chi connectivity index (χ1) is 18.8. The highest BCUT2D eigenvalue weighted by Crippen LogP contribution is 2.34. The van der Waals surface area contributed by atoms with Gasteiger partial charge in [-0.05, 0) is 83.8 Å². The van der Waals surface area contributed by atoms with Crippen molar-refractivity contribution in [3.05, 3.63) is 115 Å². The van der Waals surface area contributed by atoms with Crippen molar-refractivity contribution in [3.63, 3.8) is 0 Å². The number of rotatable bonds is 7. The highest BCUT2D eigenvalue weighted by Gasteiger charge is 2.34. The standard InChI is InChI=1S/C28H21BrFIN2O4S2/c1-3-36-27(35)23-15(2)32-28-33(24(23)21-5-4-10-38-21)26(34)22(39-28)12-17-11-18(29)13-20(31)25(17)37-14-16-6-8-19(30)9-7-16/h4-13,24H,3,14H2,1-2H3/b22-12-/t24-/m0/s1. The molecule has 0 N–H and O–H groups in total. The number of aromatic nitrogens is 1. The van der Waals surface area contributed by atoms with E-state index in [0.717, 1.165) is 18.5 Å². The number of nitrogens with zero attached hydrogens (tertiary/aromatic N) is 2. The highest BCUT2D eigenvalue weighted by atomic mass is 127. The zero-order valence-corrected chi connectivity index (χ0v) is 26.1. The summed E-state index contributed by atoms with van der Waals surface area (Å²) in [6.45, 7) is 3.97. The van der Waals surface area contributed by atoms with E-state index in [2.05, 4.69) is 43.5 Å². The number of benzene rings is 2. The second kappa shape index (κ2) is 11.9. The van der Waals surface area contributed by atoms with E-state index < -0.39 is 12.0 Å². The number of allylic oxidation sites excluding steroid dienone is 1. The molecule has 5 rings (SSSR count). The molecule has 39 heavy (non-hydrogen) atoms. The summed E-state index contributed by atoms with van der Waals surface area (Å²) in [5.74, 6) is -0.188. The van der Waals surface area contributed by atoms with E-state index >= 15 is 0 Å². The summed E-state index contributed by atoms with van der Waals surface area (Å²) in [7, 11) is 0. The minimum absolute atomic E-state index is 0.222. The van der Waals surface area contributed by atoms with Crippen molar-refractivity contribution in [2.24, 2.45) is 4.99 Å². The Morgan fingerprint density at radius 2 is 2.03 bits per heavy atom. The summed E-state index contributed by atoms with van der Waals surface area (Å²) in [6, 6.07) is 13.1. The molecule has 200 valence electrons. The van der Waals surface area contributed by atoms with Gasteiger partial charge in [0.1, 0.15) is 24.2 Å². The Bertz CT molecular complexity index is 1760. The Hall–Kier alpha value is -2.61. The molecule has 2 aromatic carbocycles. The minimum atomic E-state index is -0.626. The number of thiazole rings is 1. The third kappa shape index (κ3) is 5.81. The molecule has 0 saturated carbocycles. The third-order valence-corrected chi connectivity index (χ3v) is 9.12. The first-order valence-corrected chi connectivity index (χ1v) is 15.4. The Balaban J connectivity index is 1.62. The van der Waals surface area contributed by atoms with Gasteiger partial charge in [-0.1, -0.05) is 45.5 Å². The van der Waals surface area contributed by atoms with Crippen LogP contribution in [0.3, 0.4) is 0 Å². The Morgan fingerprint density at radius 3 is 2.72 bits per heavy atom. The Kier molecular flexibility index (Phi) is 8.50. The van der Waals surface area contributed by atoms with Gasteiger partial charge in [-0.25, -0.2) is 14.2 Å². The molecule has 0 radical (unpaired) electrons. The fourth-order valence-corrected chi connectivity index (χ4v) is 7.79. The van der Waals surface area contributed by atoms with Gasteiger partial charge in [0.2, 0.25) is 0 Å². The highest BCUT2D eigenvalue weighted by molar-refractivity contribution is 14.1.